The molecule has 0 heterocycles. The van der Waals surface area contributed by atoms with E-state index in [-0.39, 0.29) is 10.8 Å². The molecule has 2 heteroatoms. The average molecular weight is 686 g/mol. The molecule has 230 valence electrons. The zero-order chi connectivity index (χ0) is 32.9. The summed E-state index contributed by atoms with van der Waals surface area (Å²) in [5.74, 6) is 0. The smallest absolute Gasteiger partial charge is 0.0801 e. The number of halogens is 1. The van der Waals surface area contributed by atoms with Gasteiger partial charge in [-0.3, -0.25) is 0 Å². The molecule has 7 rings (SSSR count). The van der Waals surface area contributed by atoms with Gasteiger partial charge in [0.05, 0.1) is 0 Å². The zero-order valence-corrected chi connectivity index (χ0v) is 30.6. The van der Waals surface area contributed by atoms with Gasteiger partial charge in [-0.2, -0.15) is 60.1 Å². The van der Waals surface area contributed by atoms with Crippen molar-refractivity contribution >= 4 is 48.1 Å². The number of benzene rings is 5. The van der Waals surface area contributed by atoms with Gasteiger partial charge in [-0.25, -0.2) is 12.1 Å². The summed E-state index contributed by atoms with van der Waals surface area (Å²) in [6.45, 7) is 13.7. The molecular formula is C43H43ClZr-4. The molecule has 7 aromatic rings. The quantitative estimate of drug-likeness (QED) is 0.139. The van der Waals surface area contributed by atoms with E-state index in [2.05, 4.69) is 119 Å². The minimum absolute atomic E-state index is 0.194. The molecule has 0 spiro atoms. The van der Waals surface area contributed by atoms with Crippen molar-refractivity contribution in [1.29, 1.82) is 0 Å². The fraction of sp³-hybridized carbons (Fsp3) is 0.186. The Labute approximate surface area is 290 Å². The van der Waals surface area contributed by atoms with E-state index >= 15 is 0 Å². The van der Waals surface area contributed by atoms with Crippen molar-refractivity contribution in [1.82, 2.24) is 0 Å². The van der Waals surface area contributed by atoms with Gasteiger partial charge in [-0.05, 0) is 10.8 Å². The van der Waals surface area contributed by atoms with Gasteiger partial charge in [0.15, 0.2) is 0 Å². The number of rotatable bonds is 0. The zero-order valence-electron chi connectivity index (χ0n) is 27.4. The van der Waals surface area contributed by atoms with E-state index in [4.69, 9.17) is 11.6 Å². The summed E-state index contributed by atoms with van der Waals surface area (Å²) in [5.41, 5.74) is 3.20. The van der Waals surface area contributed by atoms with Gasteiger partial charge in [0.1, 0.15) is 0 Å². The van der Waals surface area contributed by atoms with Gasteiger partial charge in [-0.15, -0.1) is 86.9 Å². The molecule has 0 aliphatic heterocycles. The van der Waals surface area contributed by atoms with Crippen LogP contribution in [0.15, 0.2) is 140 Å². The van der Waals surface area contributed by atoms with Crippen molar-refractivity contribution in [2.75, 3.05) is 0 Å². The van der Waals surface area contributed by atoms with E-state index in [0.29, 0.717) is 0 Å². The van der Waals surface area contributed by atoms with Crippen LogP contribution in [0.4, 0.5) is 0 Å². The van der Waals surface area contributed by atoms with Crippen LogP contribution < -0.4 is 0 Å². The van der Waals surface area contributed by atoms with Crippen molar-refractivity contribution in [3.8, 4) is 0 Å². The standard InChI is InChI=1S/C21H25.C10H7.C6H4Cl.C5H5.CH2.Zr/c1-20(2,3)16-9-7-14-11-15-8-10-17(21(4,5)6)13-19(15)18(14)12-16;1-2-6-10-8-4-3-7-9(10)5-1;7-6-4-2-1-3-5-6;1-2-4-5-3-1;;/h7-13H,1-6H3;1-7H;1-2,4-5H;1-5H;1H2;/q4*-1;;. The van der Waals surface area contributed by atoms with Crippen LogP contribution in [0.25, 0.3) is 32.3 Å². The molecule has 0 aliphatic rings. The van der Waals surface area contributed by atoms with E-state index in [1.165, 1.54) is 67.7 Å². The van der Waals surface area contributed by atoms with Crippen molar-refractivity contribution in [3.05, 3.63) is 168 Å². The van der Waals surface area contributed by atoms with Crippen molar-refractivity contribution in [2.24, 2.45) is 0 Å². The minimum Gasteiger partial charge on any atom is -0.214 e. The van der Waals surface area contributed by atoms with E-state index < -0.39 is 0 Å². The Morgan fingerprint density at radius 2 is 1.18 bits per heavy atom. The third-order valence-corrected chi connectivity index (χ3v) is 7.47. The maximum atomic E-state index is 5.51. The third-order valence-electron chi connectivity index (χ3n) is 7.24. The molecule has 0 bridgehead atoms. The van der Waals surface area contributed by atoms with Gasteiger partial charge >= 0.3 is 28.4 Å². The first-order valence-electron chi connectivity index (χ1n) is 15.2. The normalized spacial score (nSPS) is 10.7. The summed E-state index contributed by atoms with van der Waals surface area (Å²) >= 11 is 6.81. The third kappa shape index (κ3) is 11.2. The summed E-state index contributed by atoms with van der Waals surface area (Å²) in [4.78, 5) is 0. The molecule has 0 aliphatic carbocycles. The summed E-state index contributed by atoms with van der Waals surface area (Å²) in [6, 6.07) is 53.6. The van der Waals surface area contributed by atoms with Crippen molar-refractivity contribution in [2.45, 2.75) is 52.4 Å². The Hall–Kier alpha value is -3.38. The van der Waals surface area contributed by atoms with Crippen LogP contribution in [0, 0.1) is 12.1 Å². The Morgan fingerprint density at radius 3 is 1.60 bits per heavy atom. The Balaban J connectivity index is 0.000000189. The van der Waals surface area contributed by atoms with Gasteiger partial charge in [0.2, 0.25) is 0 Å². The topological polar surface area (TPSA) is 0 Å². The SMILES string of the molecule is CC(C)(C)c1ccc2[cH-]c3ccc(C(C)(C)C)cc3c2c1.Clc1c[c-]ccc1.[CH2]=[Zr].[c-]1cccc2ccccc12.c1cc[cH-]c1. The van der Waals surface area contributed by atoms with Crippen molar-refractivity contribution < 1.29 is 24.2 Å². The minimum atomic E-state index is 0.194. The van der Waals surface area contributed by atoms with Crippen LogP contribution in [0.2, 0.25) is 5.02 Å². The molecule has 7 aromatic carbocycles. The van der Waals surface area contributed by atoms with Crippen molar-refractivity contribution in [3.63, 3.8) is 0 Å². The van der Waals surface area contributed by atoms with Gasteiger partial charge in [0.25, 0.3) is 0 Å². The van der Waals surface area contributed by atoms with Gasteiger partial charge < -0.3 is 0 Å². The van der Waals surface area contributed by atoms with Gasteiger partial charge in [-0.1, -0.05) is 94.1 Å². The van der Waals surface area contributed by atoms with Crippen LogP contribution in [-0.2, 0) is 35.1 Å². The maximum Gasteiger partial charge on any atom is -0.0801 e. The molecule has 0 nitrogen and oxygen atoms in total. The van der Waals surface area contributed by atoms with Crippen LogP contribution in [0.5, 0.6) is 0 Å². The van der Waals surface area contributed by atoms with Crippen LogP contribution in [-0.4, -0.2) is 4.21 Å². The summed E-state index contributed by atoms with van der Waals surface area (Å²) in [7, 11) is 0. The molecule has 0 aromatic heterocycles. The maximum absolute atomic E-state index is 5.51. The second-order valence-electron chi connectivity index (χ2n) is 12.7. The van der Waals surface area contributed by atoms with E-state index in [9.17, 15) is 0 Å². The van der Waals surface area contributed by atoms with E-state index in [1.807, 2.05) is 72.8 Å². The first-order valence-corrected chi connectivity index (χ1v) is 17.3. The predicted octanol–water partition coefficient (Wildman–Crippen LogP) is 12.5. The fourth-order valence-corrected chi connectivity index (χ4v) is 4.82. The molecule has 0 saturated heterocycles. The van der Waals surface area contributed by atoms with E-state index in [0.717, 1.165) is 5.02 Å². The molecule has 0 radical (unpaired) electrons. The van der Waals surface area contributed by atoms with Gasteiger partial charge in [0, 0.05) is 0 Å². The second kappa shape index (κ2) is 17.4. The number of fused-ring (bicyclic) bond motifs is 4. The molecule has 0 unspecified atom stereocenters. The summed E-state index contributed by atoms with van der Waals surface area (Å²) < 4.78 is 3.34. The first-order chi connectivity index (χ1) is 21.5. The molecule has 0 fully saturated rings. The molecule has 0 saturated carbocycles. The summed E-state index contributed by atoms with van der Waals surface area (Å²) in [5, 5.41) is 8.66. The first kappa shape index (κ1) is 36.1. The number of hydrogen-bond acceptors (Lipinski definition) is 0. The second-order valence-corrected chi connectivity index (χ2v) is 13.1. The Morgan fingerprint density at radius 1 is 0.644 bits per heavy atom. The predicted molar refractivity (Wildman–Crippen MR) is 197 cm³/mol. The molecule has 0 N–H and O–H groups in total. The molecule has 0 amide bonds. The average Bonchev–Trinajstić information content (AvgIpc) is 3.74. The Kier molecular flexibility index (Phi) is 13.9. The monoisotopic (exact) mass is 684 g/mol. The largest absolute Gasteiger partial charge is 0.214 e. The fourth-order valence-electron chi connectivity index (χ4n) is 4.69. The van der Waals surface area contributed by atoms with Crippen LogP contribution in [0.1, 0.15) is 52.7 Å². The molecule has 45 heavy (non-hydrogen) atoms. The van der Waals surface area contributed by atoms with Crippen LogP contribution in [0.3, 0.4) is 0 Å². The van der Waals surface area contributed by atoms with E-state index in [1.54, 1.807) is 6.07 Å². The summed E-state index contributed by atoms with van der Waals surface area (Å²) in [6.07, 6.45) is 0. The number of hydrogen-bond donors (Lipinski definition) is 0. The molecular weight excluding hydrogens is 643 g/mol. The Bertz CT molecular complexity index is 1700. The molecule has 0 atom stereocenters. The van der Waals surface area contributed by atoms with Crippen LogP contribution >= 0.6 is 11.6 Å².